The monoisotopic (exact) mass is 327 g/mol. The first-order valence-electron chi connectivity index (χ1n) is 7.18. The molecule has 0 amide bonds. The molecule has 5 heteroatoms. The summed E-state index contributed by atoms with van der Waals surface area (Å²) in [5.74, 6) is -1.49. The van der Waals surface area contributed by atoms with Gasteiger partial charge in [0.15, 0.2) is 5.76 Å². The van der Waals surface area contributed by atoms with Crippen molar-refractivity contribution < 1.29 is 14.7 Å². The van der Waals surface area contributed by atoms with Crippen molar-refractivity contribution in [2.75, 3.05) is 6.54 Å². The molecule has 0 unspecified atom stereocenters. The molecule has 3 rings (SSSR count). The van der Waals surface area contributed by atoms with E-state index < -0.39 is 11.6 Å². The summed E-state index contributed by atoms with van der Waals surface area (Å²) in [6.07, 6.45) is 0.636. The minimum absolute atomic E-state index is 0.0392. The van der Waals surface area contributed by atoms with Crippen LogP contribution in [0.4, 0.5) is 0 Å². The molecule has 0 spiro atoms. The minimum Gasteiger partial charge on any atom is -0.505 e. The van der Waals surface area contributed by atoms with Gasteiger partial charge in [-0.25, -0.2) is 0 Å². The molecule has 0 fully saturated rings. The molecule has 0 aliphatic heterocycles. The van der Waals surface area contributed by atoms with Gasteiger partial charge in [0.1, 0.15) is 5.70 Å². The highest BCUT2D eigenvalue weighted by molar-refractivity contribution is 6.52. The molecule has 0 saturated heterocycles. The number of carbonyl (C=O) groups excluding carboxylic acids is 2. The molecular weight excluding hydrogens is 314 g/mol. The predicted molar refractivity (Wildman–Crippen MR) is 88.5 cm³/mol. The lowest BCUT2D eigenvalue weighted by Crippen LogP contribution is -2.33. The normalized spacial score (nSPS) is 14.0. The Morgan fingerprint density at radius 1 is 0.913 bits per heavy atom. The number of Topliss-reactive ketones (excluding diaryl/α,β-unsaturated/α-hetero) is 2. The van der Waals surface area contributed by atoms with Crippen molar-refractivity contribution in [2.24, 2.45) is 0 Å². The number of allylic oxidation sites excluding steroid dienone is 1. The van der Waals surface area contributed by atoms with Crippen LogP contribution in [0.1, 0.15) is 21.5 Å². The zero-order chi connectivity index (χ0) is 16.4. The number of halogens is 1. The maximum Gasteiger partial charge on any atom is 0.253 e. The number of rotatable bonds is 4. The first kappa shape index (κ1) is 15.3. The van der Waals surface area contributed by atoms with Crippen LogP contribution in [0.15, 0.2) is 54.2 Å². The summed E-state index contributed by atoms with van der Waals surface area (Å²) < 4.78 is 0. The van der Waals surface area contributed by atoms with Crippen molar-refractivity contribution in [1.29, 1.82) is 0 Å². The quantitative estimate of drug-likeness (QED) is 0.847. The number of aliphatic hydroxyl groups is 1. The summed E-state index contributed by atoms with van der Waals surface area (Å²) in [7, 11) is 0. The molecule has 1 aliphatic rings. The second kappa shape index (κ2) is 6.26. The predicted octanol–water partition coefficient (Wildman–Crippen LogP) is 3.16. The summed E-state index contributed by atoms with van der Waals surface area (Å²) >= 11 is 5.83. The van der Waals surface area contributed by atoms with Crippen LogP contribution in [0, 0.1) is 0 Å². The van der Waals surface area contributed by atoms with Gasteiger partial charge in [-0.3, -0.25) is 9.59 Å². The van der Waals surface area contributed by atoms with Gasteiger partial charge in [0.25, 0.3) is 5.78 Å². The summed E-state index contributed by atoms with van der Waals surface area (Å²) in [6.45, 7) is 0.419. The fourth-order valence-electron chi connectivity index (χ4n) is 2.51. The molecule has 0 radical (unpaired) electrons. The minimum atomic E-state index is -0.711. The topological polar surface area (TPSA) is 66.4 Å². The zero-order valence-electron chi connectivity index (χ0n) is 12.2. The van der Waals surface area contributed by atoms with E-state index in [2.05, 4.69) is 5.32 Å². The summed E-state index contributed by atoms with van der Waals surface area (Å²) in [5, 5.41) is 13.8. The molecule has 0 atom stereocenters. The third kappa shape index (κ3) is 2.98. The van der Waals surface area contributed by atoms with Crippen LogP contribution in [0.2, 0.25) is 5.02 Å². The number of hydrogen-bond donors (Lipinski definition) is 2. The SMILES string of the molecule is O=C1C(=O)c2ccccc2C(O)=C1NCCc1ccc(Cl)cc1. The molecule has 0 heterocycles. The Labute approximate surface area is 138 Å². The highest BCUT2D eigenvalue weighted by Crippen LogP contribution is 2.26. The van der Waals surface area contributed by atoms with E-state index in [1.54, 1.807) is 30.3 Å². The van der Waals surface area contributed by atoms with Crippen LogP contribution in [-0.4, -0.2) is 23.2 Å². The van der Waals surface area contributed by atoms with Crippen molar-refractivity contribution in [1.82, 2.24) is 5.32 Å². The second-order valence-electron chi connectivity index (χ2n) is 5.23. The van der Waals surface area contributed by atoms with Crippen LogP contribution in [0.5, 0.6) is 0 Å². The van der Waals surface area contributed by atoms with Gasteiger partial charge in [-0.1, -0.05) is 48.0 Å². The molecule has 4 nitrogen and oxygen atoms in total. The summed E-state index contributed by atoms with van der Waals surface area (Å²) in [6, 6.07) is 13.9. The van der Waals surface area contributed by atoms with Crippen LogP contribution in [-0.2, 0) is 11.2 Å². The third-order valence-corrected chi connectivity index (χ3v) is 3.98. The van der Waals surface area contributed by atoms with E-state index in [4.69, 9.17) is 11.6 Å². The highest BCUT2D eigenvalue weighted by atomic mass is 35.5. The molecular formula is C18H14ClNO3. The van der Waals surface area contributed by atoms with Crippen LogP contribution < -0.4 is 5.32 Å². The van der Waals surface area contributed by atoms with Crippen LogP contribution >= 0.6 is 11.6 Å². The van der Waals surface area contributed by atoms with Crippen molar-refractivity contribution in [3.8, 4) is 0 Å². The van der Waals surface area contributed by atoms with Gasteiger partial charge < -0.3 is 10.4 Å². The molecule has 0 aromatic heterocycles. The lowest BCUT2D eigenvalue weighted by molar-refractivity contribution is -0.112. The van der Waals surface area contributed by atoms with E-state index in [9.17, 15) is 14.7 Å². The number of hydrogen-bond acceptors (Lipinski definition) is 4. The van der Waals surface area contributed by atoms with Gasteiger partial charge in [0.2, 0.25) is 5.78 Å². The Hall–Kier alpha value is -2.59. The van der Waals surface area contributed by atoms with E-state index in [1.165, 1.54) is 6.07 Å². The summed E-state index contributed by atoms with van der Waals surface area (Å²) in [4.78, 5) is 24.2. The molecule has 2 aromatic carbocycles. The van der Waals surface area contributed by atoms with E-state index >= 15 is 0 Å². The lowest BCUT2D eigenvalue weighted by Gasteiger charge is -2.18. The third-order valence-electron chi connectivity index (χ3n) is 3.73. The number of aliphatic hydroxyl groups excluding tert-OH is 1. The maximum absolute atomic E-state index is 12.1. The average Bonchev–Trinajstić information content (AvgIpc) is 2.57. The fourth-order valence-corrected chi connectivity index (χ4v) is 2.64. The number of carbonyl (C=O) groups is 2. The molecule has 23 heavy (non-hydrogen) atoms. The molecule has 0 saturated carbocycles. The van der Waals surface area contributed by atoms with E-state index in [0.717, 1.165) is 5.56 Å². The highest BCUT2D eigenvalue weighted by Gasteiger charge is 2.32. The van der Waals surface area contributed by atoms with Crippen molar-refractivity contribution in [3.63, 3.8) is 0 Å². The number of fused-ring (bicyclic) bond motifs is 1. The van der Waals surface area contributed by atoms with Crippen LogP contribution in [0.25, 0.3) is 5.76 Å². The van der Waals surface area contributed by atoms with E-state index in [1.807, 2.05) is 12.1 Å². The Balaban J connectivity index is 1.78. The average molecular weight is 328 g/mol. The molecule has 116 valence electrons. The number of benzene rings is 2. The maximum atomic E-state index is 12.1. The van der Waals surface area contributed by atoms with Gasteiger partial charge in [0, 0.05) is 22.7 Å². The lowest BCUT2D eigenvalue weighted by atomic mass is 9.91. The Morgan fingerprint density at radius 3 is 2.26 bits per heavy atom. The second-order valence-corrected chi connectivity index (χ2v) is 5.67. The van der Waals surface area contributed by atoms with Crippen molar-refractivity contribution >= 4 is 28.9 Å². The van der Waals surface area contributed by atoms with Gasteiger partial charge >= 0.3 is 0 Å². The summed E-state index contributed by atoms with van der Waals surface area (Å²) in [5.41, 5.74) is 1.61. The van der Waals surface area contributed by atoms with Gasteiger partial charge in [0.05, 0.1) is 0 Å². The largest absolute Gasteiger partial charge is 0.505 e. The molecule has 0 bridgehead atoms. The number of ketones is 2. The zero-order valence-corrected chi connectivity index (χ0v) is 12.9. The Bertz CT molecular complexity index is 809. The molecule has 1 aliphatic carbocycles. The van der Waals surface area contributed by atoms with Crippen LogP contribution in [0.3, 0.4) is 0 Å². The Morgan fingerprint density at radius 2 is 1.57 bits per heavy atom. The van der Waals surface area contributed by atoms with Gasteiger partial charge in [-0.05, 0) is 24.1 Å². The van der Waals surface area contributed by atoms with Crippen molar-refractivity contribution in [3.05, 3.63) is 75.9 Å². The van der Waals surface area contributed by atoms with Gasteiger partial charge in [-0.2, -0.15) is 0 Å². The van der Waals surface area contributed by atoms with Gasteiger partial charge in [-0.15, -0.1) is 0 Å². The standard InChI is InChI=1S/C18H14ClNO3/c19-12-7-5-11(6-8-12)9-10-20-15-16(21)13-3-1-2-4-14(13)17(22)18(15)23/h1-8,20-21H,9-10H2. The van der Waals surface area contributed by atoms with E-state index in [-0.39, 0.29) is 17.0 Å². The fraction of sp³-hybridized carbons (Fsp3) is 0.111. The Kier molecular flexibility index (Phi) is 4.17. The van der Waals surface area contributed by atoms with E-state index in [0.29, 0.717) is 23.6 Å². The van der Waals surface area contributed by atoms with Crippen molar-refractivity contribution in [2.45, 2.75) is 6.42 Å². The first-order chi connectivity index (χ1) is 11.1. The smallest absolute Gasteiger partial charge is 0.253 e. The molecule has 2 aromatic rings. The number of nitrogens with one attached hydrogen (secondary N) is 1. The molecule has 2 N–H and O–H groups in total. The first-order valence-corrected chi connectivity index (χ1v) is 7.55.